The molecule has 1 fully saturated rings. The molecule has 0 amide bonds. The topological polar surface area (TPSA) is 38.5 Å². The Hall–Kier alpha value is -0.610. The van der Waals surface area contributed by atoms with Crippen molar-refractivity contribution in [3.8, 4) is 0 Å². The van der Waals surface area contributed by atoms with E-state index in [1.54, 1.807) is 0 Å². The Balaban J connectivity index is 2.24. The van der Waals surface area contributed by atoms with E-state index in [9.17, 15) is 0 Å². The van der Waals surface area contributed by atoms with E-state index in [2.05, 4.69) is 24.0 Å². The molecule has 1 aliphatic rings. The molecule has 1 aliphatic heterocycles. The molecular formula is C14H21ClN2O. The Morgan fingerprint density at radius 3 is 2.72 bits per heavy atom. The molecule has 2 N–H and O–H groups in total. The third kappa shape index (κ3) is 3.04. The number of nitrogens with two attached hydrogens (primary N) is 1. The minimum Gasteiger partial charge on any atom is -0.374 e. The highest BCUT2D eigenvalue weighted by atomic mass is 35.5. The van der Waals surface area contributed by atoms with Gasteiger partial charge >= 0.3 is 0 Å². The zero-order valence-corrected chi connectivity index (χ0v) is 11.6. The first-order valence-electron chi connectivity index (χ1n) is 6.57. The molecule has 2 unspecified atom stereocenters. The summed E-state index contributed by atoms with van der Waals surface area (Å²) in [6.45, 7) is 5.57. The van der Waals surface area contributed by atoms with Gasteiger partial charge in [0.25, 0.3) is 0 Å². The van der Waals surface area contributed by atoms with Crippen LogP contribution in [0, 0.1) is 0 Å². The second-order valence-electron chi connectivity index (χ2n) is 4.68. The molecule has 0 aliphatic carbocycles. The second kappa shape index (κ2) is 6.53. The Bertz CT molecular complexity index is 367. The largest absolute Gasteiger partial charge is 0.374 e. The van der Waals surface area contributed by atoms with Crippen molar-refractivity contribution in [2.24, 2.45) is 5.73 Å². The van der Waals surface area contributed by atoms with E-state index < -0.39 is 0 Å². The van der Waals surface area contributed by atoms with Gasteiger partial charge in [-0.2, -0.15) is 0 Å². The van der Waals surface area contributed by atoms with Crippen molar-refractivity contribution < 1.29 is 4.74 Å². The summed E-state index contributed by atoms with van der Waals surface area (Å²) in [6, 6.07) is 8.27. The Morgan fingerprint density at radius 1 is 1.39 bits per heavy atom. The molecule has 1 heterocycles. The zero-order valence-electron chi connectivity index (χ0n) is 10.8. The number of morpholine rings is 1. The summed E-state index contributed by atoms with van der Waals surface area (Å²) < 4.78 is 5.80. The quantitative estimate of drug-likeness (QED) is 0.912. The van der Waals surface area contributed by atoms with Gasteiger partial charge in [-0.15, -0.1) is 0 Å². The van der Waals surface area contributed by atoms with E-state index in [0.717, 1.165) is 31.1 Å². The highest BCUT2D eigenvalue weighted by molar-refractivity contribution is 6.30. The second-order valence-corrected chi connectivity index (χ2v) is 5.11. The summed E-state index contributed by atoms with van der Waals surface area (Å²) in [7, 11) is 0. The van der Waals surface area contributed by atoms with Crippen molar-refractivity contribution in [3.05, 3.63) is 34.9 Å². The van der Waals surface area contributed by atoms with Crippen LogP contribution >= 0.6 is 11.6 Å². The smallest absolute Gasteiger partial charge is 0.0894 e. The summed E-state index contributed by atoms with van der Waals surface area (Å²) in [6.07, 6.45) is 1.22. The summed E-state index contributed by atoms with van der Waals surface area (Å²) >= 11 is 5.95. The molecule has 18 heavy (non-hydrogen) atoms. The van der Waals surface area contributed by atoms with Crippen LogP contribution < -0.4 is 5.73 Å². The molecule has 1 aromatic carbocycles. The first-order chi connectivity index (χ1) is 8.76. The fraction of sp³-hybridized carbons (Fsp3) is 0.571. The van der Waals surface area contributed by atoms with Gasteiger partial charge in [0.15, 0.2) is 0 Å². The average molecular weight is 269 g/mol. The Morgan fingerprint density at radius 2 is 2.11 bits per heavy atom. The molecule has 0 aromatic heterocycles. The lowest BCUT2D eigenvalue weighted by atomic mass is 9.98. The molecule has 1 saturated heterocycles. The average Bonchev–Trinajstić information content (AvgIpc) is 2.40. The standard InChI is InChI=1S/C14H21ClN2O/c1-2-7-17-8-9-18-13(10-16)14(17)11-3-5-12(15)6-4-11/h3-6,13-14H,2,7-10,16H2,1H3. The molecule has 1 aromatic rings. The number of benzene rings is 1. The van der Waals surface area contributed by atoms with Crippen LogP contribution in [-0.2, 0) is 4.74 Å². The van der Waals surface area contributed by atoms with Crippen molar-refractivity contribution in [2.45, 2.75) is 25.5 Å². The highest BCUT2D eigenvalue weighted by Gasteiger charge is 2.32. The predicted molar refractivity (Wildman–Crippen MR) is 74.9 cm³/mol. The van der Waals surface area contributed by atoms with Crippen LogP contribution in [0.2, 0.25) is 5.02 Å². The van der Waals surface area contributed by atoms with E-state index in [1.165, 1.54) is 5.56 Å². The fourth-order valence-corrected chi connectivity index (χ4v) is 2.73. The summed E-state index contributed by atoms with van der Waals surface area (Å²) in [4.78, 5) is 2.46. The van der Waals surface area contributed by atoms with Crippen molar-refractivity contribution in [2.75, 3.05) is 26.2 Å². The molecule has 2 atom stereocenters. The van der Waals surface area contributed by atoms with Crippen molar-refractivity contribution >= 4 is 11.6 Å². The normalized spacial score (nSPS) is 25.3. The zero-order chi connectivity index (χ0) is 13.0. The molecular weight excluding hydrogens is 248 g/mol. The van der Waals surface area contributed by atoms with Gasteiger partial charge in [0.2, 0.25) is 0 Å². The Labute approximate surface area is 114 Å². The molecule has 3 nitrogen and oxygen atoms in total. The van der Waals surface area contributed by atoms with Gasteiger partial charge in [-0.05, 0) is 30.7 Å². The Kier molecular flexibility index (Phi) is 5.01. The van der Waals surface area contributed by atoms with E-state index >= 15 is 0 Å². The van der Waals surface area contributed by atoms with Gasteiger partial charge in [0.1, 0.15) is 0 Å². The highest BCUT2D eigenvalue weighted by Crippen LogP contribution is 2.30. The molecule has 0 saturated carbocycles. The van der Waals surface area contributed by atoms with Crippen molar-refractivity contribution in [1.82, 2.24) is 4.90 Å². The number of halogens is 1. The maximum atomic E-state index is 5.95. The van der Waals surface area contributed by atoms with Gasteiger partial charge in [-0.3, -0.25) is 4.90 Å². The van der Waals surface area contributed by atoms with Gasteiger partial charge < -0.3 is 10.5 Å². The van der Waals surface area contributed by atoms with Gasteiger partial charge in [-0.25, -0.2) is 0 Å². The van der Waals surface area contributed by atoms with Crippen molar-refractivity contribution in [1.29, 1.82) is 0 Å². The molecule has 0 radical (unpaired) electrons. The fourth-order valence-electron chi connectivity index (χ4n) is 2.61. The van der Waals surface area contributed by atoms with Gasteiger partial charge in [0.05, 0.1) is 18.8 Å². The van der Waals surface area contributed by atoms with Crippen LogP contribution in [0.4, 0.5) is 0 Å². The van der Waals surface area contributed by atoms with Crippen LogP contribution in [-0.4, -0.2) is 37.2 Å². The number of nitrogens with zero attached hydrogens (tertiary/aromatic N) is 1. The van der Waals surface area contributed by atoms with Gasteiger partial charge in [-0.1, -0.05) is 30.7 Å². The van der Waals surface area contributed by atoms with E-state index in [4.69, 9.17) is 22.1 Å². The third-order valence-electron chi connectivity index (χ3n) is 3.41. The van der Waals surface area contributed by atoms with E-state index in [1.807, 2.05) is 12.1 Å². The van der Waals surface area contributed by atoms with E-state index in [-0.39, 0.29) is 12.1 Å². The molecule has 0 bridgehead atoms. The molecule has 2 rings (SSSR count). The van der Waals surface area contributed by atoms with Crippen LogP contribution in [0.15, 0.2) is 24.3 Å². The number of hydrogen-bond acceptors (Lipinski definition) is 3. The summed E-state index contributed by atoms with van der Waals surface area (Å²) in [5, 5.41) is 0.766. The van der Waals surface area contributed by atoms with Crippen LogP contribution in [0.5, 0.6) is 0 Å². The first-order valence-corrected chi connectivity index (χ1v) is 6.95. The maximum absolute atomic E-state index is 5.95. The molecule has 4 heteroatoms. The van der Waals surface area contributed by atoms with Crippen LogP contribution in [0.1, 0.15) is 24.9 Å². The van der Waals surface area contributed by atoms with Gasteiger partial charge in [0, 0.05) is 18.1 Å². The molecule has 100 valence electrons. The lowest BCUT2D eigenvalue weighted by molar-refractivity contribution is -0.0676. The predicted octanol–water partition coefficient (Wildman–Crippen LogP) is 2.45. The van der Waals surface area contributed by atoms with Crippen LogP contribution in [0.3, 0.4) is 0 Å². The third-order valence-corrected chi connectivity index (χ3v) is 3.66. The molecule has 0 spiro atoms. The number of hydrogen-bond donors (Lipinski definition) is 1. The van der Waals surface area contributed by atoms with E-state index in [0.29, 0.717) is 6.54 Å². The monoisotopic (exact) mass is 268 g/mol. The SMILES string of the molecule is CCCN1CCOC(CN)C1c1ccc(Cl)cc1. The lowest BCUT2D eigenvalue weighted by Gasteiger charge is -2.41. The van der Waals surface area contributed by atoms with Crippen molar-refractivity contribution in [3.63, 3.8) is 0 Å². The minimum atomic E-state index is 0.0754. The minimum absolute atomic E-state index is 0.0754. The lowest BCUT2D eigenvalue weighted by Crippen LogP contribution is -2.48. The first kappa shape index (κ1) is 13.8. The number of ether oxygens (including phenoxy) is 1. The maximum Gasteiger partial charge on any atom is 0.0894 e. The van der Waals surface area contributed by atoms with Crippen LogP contribution in [0.25, 0.3) is 0 Å². The summed E-state index contributed by atoms with van der Waals surface area (Å²) in [5.41, 5.74) is 7.08. The number of rotatable bonds is 4. The summed E-state index contributed by atoms with van der Waals surface area (Å²) in [5.74, 6) is 0.